The average molecular weight is 270 g/mol. The van der Waals surface area contributed by atoms with Gasteiger partial charge in [-0.3, -0.25) is 4.79 Å². The fraction of sp³-hybridized carbons (Fsp3) is 0.235. The topological polar surface area (TPSA) is 46.5 Å². The molecule has 2 rings (SSSR count). The highest BCUT2D eigenvalue weighted by Crippen LogP contribution is 2.13. The van der Waals surface area contributed by atoms with Crippen LogP contribution in [0.3, 0.4) is 0 Å². The van der Waals surface area contributed by atoms with Crippen molar-refractivity contribution in [1.82, 2.24) is 0 Å². The zero-order valence-corrected chi connectivity index (χ0v) is 11.5. The first-order valence-electron chi connectivity index (χ1n) is 6.56. The van der Waals surface area contributed by atoms with Gasteiger partial charge >= 0.3 is 0 Å². The van der Waals surface area contributed by atoms with E-state index in [9.17, 15) is 9.90 Å². The van der Waals surface area contributed by atoms with E-state index in [1.54, 1.807) is 7.11 Å². The summed E-state index contributed by atoms with van der Waals surface area (Å²) < 4.78 is 5.07. The number of rotatable bonds is 6. The summed E-state index contributed by atoms with van der Waals surface area (Å²) >= 11 is 0. The van der Waals surface area contributed by atoms with Crippen LogP contribution < -0.4 is 4.74 Å². The molecule has 0 aliphatic heterocycles. The van der Waals surface area contributed by atoms with Gasteiger partial charge in [-0.15, -0.1) is 0 Å². The molecule has 0 saturated carbocycles. The highest BCUT2D eigenvalue weighted by atomic mass is 16.5. The highest BCUT2D eigenvalue weighted by molar-refractivity contribution is 5.85. The van der Waals surface area contributed by atoms with Crippen LogP contribution in [0.15, 0.2) is 54.6 Å². The molecule has 0 heterocycles. The Kier molecular flexibility index (Phi) is 4.91. The van der Waals surface area contributed by atoms with Gasteiger partial charge in [0.15, 0.2) is 5.78 Å². The fourth-order valence-corrected chi connectivity index (χ4v) is 2.01. The summed E-state index contributed by atoms with van der Waals surface area (Å²) in [4.78, 5) is 12.0. The molecule has 0 aliphatic rings. The second-order valence-electron chi connectivity index (χ2n) is 4.70. The summed E-state index contributed by atoms with van der Waals surface area (Å²) in [7, 11) is 1.60. The van der Waals surface area contributed by atoms with Gasteiger partial charge in [-0.1, -0.05) is 42.5 Å². The number of ether oxygens (including phenoxy) is 1. The lowest BCUT2D eigenvalue weighted by Gasteiger charge is -2.10. The number of methoxy groups -OCH3 is 1. The van der Waals surface area contributed by atoms with Gasteiger partial charge in [0.25, 0.3) is 0 Å². The molecule has 1 atom stereocenters. The van der Waals surface area contributed by atoms with E-state index in [0.29, 0.717) is 6.42 Å². The Morgan fingerprint density at radius 1 is 1.05 bits per heavy atom. The van der Waals surface area contributed by atoms with Crippen LogP contribution in [0, 0.1) is 0 Å². The Balaban J connectivity index is 1.93. The number of aliphatic hydroxyl groups excluding tert-OH is 1. The minimum absolute atomic E-state index is 0.168. The molecule has 3 nitrogen and oxygen atoms in total. The summed E-state index contributed by atoms with van der Waals surface area (Å²) in [5, 5.41) is 9.96. The first-order chi connectivity index (χ1) is 9.69. The van der Waals surface area contributed by atoms with E-state index in [2.05, 4.69) is 0 Å². The molecule has 0 radical (unpaired) electrons. The van der Waals surface area contributed by atoms with Crippen molar-refractivity contribution in [2.45, 2.75) is 18.9 Å². The molecule has 104 valence electrons. The summed E-state index contributed by atoms with van der Waals surface area (Å²) in [6.45, 7) is 0. The number of carbonyl (C=O) groups is 1. The predicted molar refractivity (Wildman–Crippen MR) is 77.9 cm³/mol. The molecule has 0 fully saturated rings. The number of carbonyl (C=O) groups excluding carboxylic acids is 1. The third-order valence-electron chi connectivity index (χ3n) is 3.18. The molecule has 0 aliphatic carbocycles. The molecule has 0 bridgehead atoms. The Bertz CT molecular complexity index is 546. The number of aliphatic hydroxyl groups is 1. The first kappa shape index (κ1) is 14.3. The summed E-state index contributed by atoms with van der Waals surface area (Å²) in [5.41, 5.74) is 1.84. The van der Waals surface area contributed by atoms with Crippen LogP contribution in [-0.4, -0.2) is 24.1 Å². The third-order valence-corrected chi connectivity index (χ3v) is 3.18. The largest absolute Gasteiger partial charge is 0.497 e. The maximum atomic E-state index is 12.0. The van der Waals surface area contributed by atoms with Gasteiger partial charge in [0.05, 0.1) is 7.11 Å². The Morgan fingerprint density at radius 2 is 1.70 bits per heavy atom. The molecule has 1 N–H and O–H groups in total. The van der Waals surface area contributed by atoms with Gasteiger partial charge < -0.3 is 9.84 Å². The van der Waals surface area contributed by atoms with Crippen molar-refractivity contribution in [3.8, 4) is 5.75 Å². The lowest BCUT2D eigenvalue weighted by atomic mass is 10.00. The van der Waals surface area contributed by atoms with Crippen molar-refractivity contribution in [3.05, 3.63) is 65.7 Å². The number of ketones is 1. The van der Waals surface area contributed by atoms with Crippen LogP contribution in [0.4, 0.5) is 0 Å². The van der Waals surface area contributed by atoms with Crippen LogP contribution in [0.2, 0.25) is 0 Å². The molecule has 2 aromatic carbocycles. The van der Waals surface area contributed by atoms with E-state index in [1.165, 1.54) is 0 Å². The van der Waals surface area contributed by atoms with Gasteiger partial charge in [0.2, 0.25) is 0 Å². The minimum Gasteiger partial charge on any atom is -0.497 e. The molecular weight excluding hydrogens is 252 g/mol. The molecule has 2 aromatic rings. The summed E-state index contributed by atoms with van der Waals surface area (Å²) in [6.07, 6.45) is -0.368. The summed E-state index contributed by atoms with van der Waals surface area (Å²) in [5.74, 6) is 0.588. The van der Waals surface area contributed by atoms with E-state index in [-0.39, 0.29) is 12.2 Å². The quantitative estimate of drug-likeness (QED) is 0.876. The molecule has 20 heavy (non-hydrogen) atoms. The van der Waals surface area contributed by atoms with Crippen molar-refractivity contribution in [2.24, 2.45) is 0 Å². The van der Waals surface area contributed by atoms with Gasteiger partial charge in [-0.05, 0) is 23.3 Å². The lowest BCUT2D eigenvalue weighted by Crippen LogP contribution is -2.24. The standard InChI is InChI=1S/C17H18O3/c1-20-15-9-7-14(8-10-15)12-17(19)16(18)11-13-5-3-2-4-6-13/h2-10,16,18H,11-12H2,1H3. The zero-order chi connectivity index (χ0) is 14.4. The maximum Gasteiger partial charge on any atom is 0.165 e. The molecule has 0 amide bonds. The van der Waals surface area contributed by atoms with Gasteiger partial charge in [-0.25, -0.2) is 0 Å². The molecule has 0 aromatic heterocycles. The van der Waals surface area contributed by atoms with Crippen molar-refractivity contribution >= 4 is 5.78 Å². The van der Waals surface area contributed by atoms with Crippen LogP contribution in [0.25, 0.3) is 0 Å². The predicted octanol–water partition coefficient (Wildman–Crippen LogP) is 2.41. The Morgan fingerprint density at radius 3 is 2.30 bits per heavy atom. The zero-order valence-electron chi connectivity index (χ0n) is 11.5. The second-order valence-corrected chi connectivity index (χ2v) is 4.70. The van der Waals surface area contributed by atoms with E-state index < -0.39 is 6.10 Å². The third kappa shape index (κ3) is 3.93. The van der Waals surface area contributed by atoms with Crippen molar-refractivity contribution < 1.29 is 14.6 Å². The number of benzene rings is 2. The fourth-order valence-electron chi connectivity index (χ4n) is 2.01. The normalized spacial score (nSPS) is 11.9. The molecule has 3 heteroatoms. The van der Waals surface area contributed by atoms with Gasteiger partial charge in [-0.2, -0.15) is 0 Å². The smallest absolute Gasteiger partial charge is 0.165 e. The van der Waals surface area contributed by atoms with Crippen LogP contribution >= 0.6 is 0 Å². The van der Waals surface area contributed by atoms with Crippen LogP contribution in [0.1, 0.15) is 11.1 Å². The molecule has 0 spiro atoms. The van der Waals surface area contributed by atoms with Crippen LogP contribution in [-0.2, 0) is 17.6 Å². The molecular formula is C17H18O3. The average Bonchev–Trinajstić information content (AvgIpc) is 2.49. The Hall–Kier alpha value is -2.13. The first-order valence-corrected chi connectivity index (χ1v) is 6.56. The van der Waals surface area contributed by atoms with E-state index in [0.717, 1.165) is 16.9 Å². The number of Topliss-reactive ketones (excluding diaryl/α,β-unsaturated/α-hetero) is 1. The lowest BCUT2D eigenvalue weighted by molar-refractivity contribution is -0.126. The molecule has 0 saturated heterocycles. The number of hydrogen-bond acceptors (Lipinski definition) is 3. The van der Waals surface area contributed by atoms with Gasteiger partial charge in [0.1, 0.15) is 11.9 Å². The van der Waals surface area contributed by atoms with E-state index in [4.69, 9.17) is 4.74 Å². The molecule has 1 unspecified atom stereocenters. The Labute approximate surface area is 118 Å². The summed E-state index contributed by atoms with van der Waals surface area (Å²) in [6, 6.07) is 16.8. The number of hydrogen-bond donors (Lipinski definition) is 1. The van der Waals surface area contributed by atoms with Gasteiger partial charge in [0, 0.05) is 12.8 Å². The highest BCUT2D eigenvalue weighted by Gasteiger charge is 2.15. The van der Waals surface area contributed by atoms with E-state index in [1.807, 2.05) is 54.6 Å². The van der Waals surface area contributed by atoms with Crippen LogP contribution in [0.5, 0.6) is 5.75 Å². The van der Waals surface area contributed by atoms with E-state index >= 15 is 0 Å². The monoisotopic (exact) mass is 270 g/mol. The van der Waals surface area contributed by atoms with Crippen molar-refractivity contribution in [3.63, 3.8) is 0 Å². The maximum absolute atomic E-state index is 12.0. The van der Waals surface area contributed by atoms with Crippen molar-refractivity contribution in [2.75, 3.05) is 7.11 Å². The SMILES string of the molecule is COc1ccc(CC(=O)C(O)Cc2ccccc2)cc1. The second kappa shape index (κ2) is 6.87. The minimum atomic E-state index is -0.959. The van der Waals surface area contributed by atoms with Crippen molar-refractivity contribution in [1.29, 1.82) is 0 Å².